The minimum Gasteiger partial charge on any atom is -0.396 e. The molecule has 0 spiro atoms. The Kier molecular flexibility index (Phi) is 36.6. The van der Waals surface area contributed by atoms with E-state index in [0.717, 1.165) is 0 Å². The molecule has 0 saturated carbocycles. The summed E-state index contributed by atoms with van der Waals surface area (Å²) in [6.45, 7) is -13.4. The summed E-state index contributed by atoms with van der Waals surface area (Å²) in [4.78, 5) is 95.0. The van der Waals surface area contributed by atoms with E-state index in [1.54, 1.807) is 7.05 Å². The van der Waals surface area contributed by atoms with E-state index in [0.29, 0.717) is 0 Å². The fourth-order valence-electron chi connectivity index (χ4n) is 3.96. The zero-order valence-electron chi connectivity index (χ0n) is 37.9. The highest BCUT2D eigenvalue weighted by atomic mass is 31.2. The van der Waals surface area contributed by atoms with Gasteiger partial charge in [0.25, 0.3) is 0 Å². The Labute approximate surface area is 410 Å². The van der Waals surface area contributed by atoms with Crippen LogP contribution in [0.15, 0.2) is 0 Å². The van der Waals surface area contributed by atoms with Gasteiger partial charge in [0, 0.05) is 31.5 Å². The fourth-order valence-corrected chi connectivity index (χ4v) is 10.0. The normalized spacial score (nSPS) is 20.1. The first kappa shape index (κ1) is 72.9. The second-order valence-corrected chi connectivity index (χ2v) is 25.7. The number of phosphoric acid groups is 9. The molecule has 0 aliphatic carbocycles. The van der Waals surface area contributed by atoms with Crippen molar-refractivity contribution in [3.63, 3.8) is 0 Å². The van der Waals surface area contributed by atoms with Crippen LogP contribution < -0.4 is 10.6 Å². The van der Waals surface area contributed by atoms with E-state index in [-0.39, 0.29) is 26.3 Å². The lowest BCUT2D eigenvalue weighted by Crippen LogP contribution is -2.26. The third-order valence-electron chi connectivity index (χ3n) is 6.81. The van der Waals surface area contributed by atoms with Crippen molar-refractivity contribution in [2.75, 3.05) is 146 Å². The van der Waals surface area contributed by atoms with Crippen molar-refractivity contribution >= 4 is 70.4 Å². The van der Waals surface area contributed by atoms with Gasteiger partial charge in [0.2, 0.25) is 0 Å². The summed E-state index contributed by atoms with van der Waals surface area (Å²) >= 11 is 0. The molecule has 0 amide bonds. The Balaban J connectivity index is 4.28. The fraction of sp³-hybridized carbons (Fsp3) is 1.00. The predicted molar refractivity (Wildman–Crippen MR) is 234 cm³/mol. The van der Waals surface area contributed by atoms with Gasteiger partial charge in [-0.25, -0.2) is 41.1 Å². The van der Waals surface area contributed by atoms with Crippen molar-refractivity contribution in [1.29, 1.82) is 0 Å². The summed E-state index contributed by atoms with van der Waals surface area (Å²) < 4.78 is 183. The molecule has 0 aliphatic rings. The summed E-state index contributed by atoms with van der Waals surface area (Å²) in [5.74, 6) is -1.34. The first-order valence-electron chi connectivity index (χ1n) is 19.6. The van der Waals surface area contributed by atoms with Crippen molar-refractivity contribution in [3.8, 4) is 0 Å². The molecule has 13 N–H and O–H groups in total. The number of aliphatic hydroxyl groups excluding tert-OH is 1. The highest BCUT2D eigenvalue weighted by molar-refractivity contribution is 7.49. The van der Waals surface area contributed by atoms with E-state index in [2.05, 4.69) is 78.5 Å². The minimum atomic E-state index is -4.95. The van der Waals surface area contributed by atoms with Crippen molar-refractivity contribution in [1.82, 2.24) is 10.6 Å². The van der Waals surface area contributed by atoms with Gasteiger partial charge < -0.3 is 64.7 Å². The van der Waals surface area contributed by atoms with E-state index in [4.69, 9.17) is 23.9 Å². The number of hydrogen-bond donors (Lipinski definition) is 13. The summed E-state index contributed by atoms with van der Waals surface area (Å²) in [6, 6.07) is 0. The molecule has 39 nitrogen and oxygen atoms in total. The minimum absolute atomic E-state index is 0.0481. The first-order valence-corrected chi connectivity index (χ1v) is 33.1. The van der Waals surface area contributed by atoms with Crippen molar-refractivity contribution in [2.45, 2.75) is 0 Å². The summed E-state index contributed by atoms with van der Waals surface area (Å²) in [5, 5.41) is 14.5. The molecule has 0 aromatic carbocycles. The number of hydrogen-bond acceptors (Lipinski definition) is 29. The molecule has 48 heteroatoms. The number of nitrogens with one attached hydrogen (secondary N) is 2. The van der Waals surface area contributed by atoms with Gasteiger partial charge in [-0.05, 0) is 14.1 Å². The molecular formula is C24H61N2O37P9. The van der Waals surface area contributed by atoms with Crippen LogP contribution in [0.2, 0.25) is 0 Å². The smallest absolute Gasteiger partial charge is 0.396 e. The Morgan fingerprint density at radius 1 is 0.292 bits per heavy atom. The van der Waals surface area contributed by atoms with Crippen LogP contribution in [0.3, 0.4) is 0 Å². The van der Waals surface area contributed by atoms with Gasteiger partial charge in [-0.15, -0.1) is 0 Å². The molecule has 0 aromatic rings. The topological polar surface area (TPSA) is 557 Å². The Hall–Kier alpha value is 0.870. The molecule has 0 aromatic heterocycles. The monoisotopic (exact) mass is 1250 g/mol. The van der Waals surface area contributed by atoms with Crippen LogP contribution in [0.5, 0.6) is 0 Å². The van der Waals surface area contributed by atoms with E-state index in [1.165, 1.54) is 7.05 Å². The number of phosphoric ester groups is 9. The molecule has 434 valence electrons. The lowest BCUT2D eigenvalue weighted by Gasteiger charge is -2.19. The molecule has 0 aliphatic heterocycles. The second-order valence-electron chi connectivity index (χ2n) is 12.8. The van der Waals surface area contributed by atoms with Gasteiger partial charge in [0.05, 0.1) is 112 Å². The molecule has 10 unspecified atom stereocenters. The molecule has 10 atom stereocenters. The third kappa shape index (κ3) is 42.8. The molecule has 0 rings (SSSR count). The largest absolute Gasteiger partial charge is 0.472 e. The first-order chi connectivity index (χ1) is 33.1. The van der Waals surface area contributed by atoms with E-state index in [9.17, 15) is 80.2 Å². The van der Waals surface area contributed by atoms with Crippen LogP contribution in [-0.2, 0) is 118 Å². The van der Waals surface area contributed by atoms with Gasteiger partial charge in [0.15, 0.2) is 0 Å². The summed E-state index contributed by atoms with van der Waals surface area (Å²) in [5.41, 5.74) is 0. The molecule has 0 heterocycles. The van der Waals surface area contributed by atoms with E-state index in [1.807, 2.05) is 0 Å². The van der Waals surface area contributed by atoms with Crippen LogP contribution in [0.25, 0.3) is 0 Å². The zero-order chi connectivity index (χ0) is 55.2. The van der Waals surface area contributed by atoms with Crippen LogP contribution in [0.1, 0.15) is 0 Å². The van der Waals surface area contributed by atoms with E-state index >= 15 is 0 Å². The lowest BCUT2D eigenvalue weighted by molar-refractivity contribution is 0.0704. The SMILES string of the molecule is CNCC(CO)COP(=O)(O)OCCOP(=O)(O)OCCOP(=O)(O)OCCOP(=O)(O)OCCOP(=O)(O)OCCOP(=O)(O)OCCOP(=O)(O)OCCOP(=O)(O)OCC(CNC)COP(=O)(O)O. The van der Waals surface area contributed by atoms with Gasteiger partial charge >= 0.3 is 70.4 Å². The molecule has 0 fully saturated rings. The maximum Gasteiger partial charge on any atom is 0.472 e. The molecule has 72 heavy (non-hydrogen) atoms. The number of rotatable bonds is 49. The van der Waals surface area contributed by atoms with Gasteiger partial charge in [-0.2, -0.15) is 0 Å². The van der Waals surface area contributed by atoms with E-state index < -0.39 is 188 Å². The zero-order valence-corrected chi connectivity index (χ0v) is 45.9. The Bertz CT molecular complexity index is 1960. The molecule has 0 saturated heterocycles. The van der Waals surface area contributed by atoms with Crippen molar-refractivity contribution < 1.29 is 172 Å². The van der Waals surface area contributed by atoms with Gasteiger partial charge in [0.1, 0.15) is 0 Å². The standard InChI is InChI=1S/C24H61N2O37P9/c1-25-17-23(19-27)20-62-71(43,44)59-15-13-57-69(39,40)55-11-9-53-67(35,36)51-7-5-49-65(31,32)47-3-4-48-66(33,34)50-6-8-52-68(37,38)54-10-12-56-70(41,42)58-14-16-60-72(45,46)63-22-24(18-26-2)21-61-64(28,29)30/h23-27H,3-22H2,1-2H3,(H,31,32)(H,33,34)(H,35,36)(H,37,38)(H,39,40)(H,41,42)(H,43,44)(H,45,46)(H2,28,29,30). The van der Waals surface area contributed by atoms with Crippen LogP contribution in [-0.4, -0.2) is 200 Å². The van der Waals surface area contributed by atoms with Crippen molar-refractivity contribution in [2.24, 2.45) is 11.8 Å². The lowest BCUT2D eigenvalue weighted by atomic mass is 10.2. The molecule has 0 radical (unpaired) electrons. The maximum atomic E-state index is 12.0. The second kappa shape index (κ2) is 36.2. The van der Waals surface area contributed by atoms with Gasteiger partial charge in [-0.1, -0.05) is 0 Å². The average Bonchev–Trinajstić information content (AvgIpc) is 3.26. The Morgan fingerprint density at radius 3 is 0.639 bits per heavy atom. The van der Waals surface area contributed by atoms with Crippen LogP contribution in [0.4, 0.5) is 0 Å². The summed E-state index contributed by atoms with van der Waals surface area (Å²) in [6.07, 6.45) is 0. The number of aliphatic hydroxyl groups is 1. The highest BCUT2D eigenvalue weighted by Gasteiger charge is 2.31. The predicted octanol–water partition coefficient (Wildman–Crippen LogP) is -0.172. The Morgan fingerprint density at radius 2 is 0.458 bits per heavy atom. The van der Waals surface area contributed by atoms with Crippen molar-refractivity contribution in [3.05, 3.63) is 0 Å². The maximum absolute atomic E-state index is 12.0. The highest BCUT2D eigenvalue weighted by Crippen LogP contribution is 2.50. The third-order valence-corrected chi connectivity index (χ3v) is 15.4. The molecular weight excluding hydrogens is 1190 g/mol. The van der Waals surface area contributed by atoms with Crippen LogP contribution in [0, 0.1) is 11.8 Å². The average molecular weight is 1250 g/mol. The summed E-state index contributed by atoms with van der Waals surface area (Å²) in [7, 11) is -40.7. The quantitative estimate of drug-likeness (QED) is 0.0278. The molecule has 0 bridgehead atoms. The van der Waals surface area contributed by atoms with Gasteiger partial charge in [-0.3, -0.25) is 76.9 Å². The van der Waals surface area contributed by atoms with Crippen LogP contribution >= 0.6 is 70.4 Å².